The maximum Gasteiger partial charge on any atom is 0.173 e. The van der Waals surface area contributed by atoms with Crippen LogP contribution >= 0.6 is 0 Å². The van der Waals surface area contributed by atoms with Crippen LogP contribution in [0.15, 0.2) is 11.5 Å². The third-order valence-corrected chi connectivity index (χ3v) is 6.05. The second-order valence-electron chi connectivity index (χ2n) is 4.36. The topological polar surface area (TPSA) is 80.3 Å². The summed E-state index contributed by atoms with van der Waals surface area (Å²) < 4.78 is 44.7. The lowest BCUT2D eigenvalue weighted by molar-refractivity contribution is 0.446. The van der Waals surface area contributed by atoms with Crippen LogP contribution in [0.2, 0.25) is 0 Å². The Morgan fingerprint density at radius 2 is 1.69 bits per heavy atom. The highest BCUT2D eigenvalue weighted by molar-refractivity contribution is 7.94. The average Bonchev–Trinajstić information content (AvgIpc) is 2.50. The van der Waals surface area contributed by atoms with E-state index in [1.54, 1.807) is 6.08 Å². The van der Waals surface area contributed by atoms with E-state index in [1.807, 2.05) is 0 Å². The van der Waals surface area contributed by atoms with E-state index >= 15 is 0 Å². The molecule has 0 spiro atoms. The molecule has 16 heavy (non-hydrogen) atoms. The minimum Gasteiger partial charge on any atom is -0.307 e. The molecule has 2 aliphatic heterocycles. The van der Waals surface area contributed by atoms with Crippen molar-refractivity contribution in [2.45, 2.75) is 24.9 Å². The van der Waals surface area contributed by atoms with E-state index in [0.29, 0.717) is 12.8 Å². The normalized spacial score (nSPS) is 32.9. The molecule has 0 aliphatic carbocycles. The van der Waals surface area contributed by atoms with Crippen molar-refractivity contribution in [1.29, 1.82) is 0 Å². The van der Waals surface area contributed by atoms with Gasteiger partial charge in [-0.1, -0.05) is 6.08 Å². The van der Waals surface area contributed by atoms with Crippen molar-refractivity contribution in [3.63, 3.8) is 0 Å². The molecule has 92 valence electrons. The standard InChI is InChI=1S/C9H15NO4S2/c11-15(12)4-1-8(2-5-15)10-9-3-6-16(13,14)7-9/h3,6,8-10H,1-2,4-5,7H2. The molecule has 1 atom stereocenters. The average molecular weight is 265 g/mol. The van der Waals surface area contributed by atoms with Crippen molar-refractivity contribution in [2.75, 3.05) is 17.3 Å². The molecule has 0 aromatic carbocycles. The molecule has 0 aromatic heterocycles. The van der Waals surface area contributed by atoms with Gasteiger partial charge in [0, 0.05) is 17.5 Å². The Morgan fingerprint density at radius 1 is 1.06 bits per heavy atom. The van der Waals surface area contributed by atoms with E-state index in [9.17, 15) is 16.8 Å². The van der Waals surface area contributed by atoms with E-state index in [1.165, 1.54) is 5.41 Å². The summed E-state index contributed by atoms with van der Waals surface area (Å²) >= 11 is 0. The zero-order valence-corrected chi connectivity index (χ0v) is 10.4. The molecule has 1 fully saturated rings. The Hall–Kier alpha value is -0.400. The molecule has 5 nitrogen and oxygen atoms in total. The predicted octanol–water partition coefficient (Wildman–Crippen LogP) is -0.536. The van der Waals surface area contributed by atoms with Crippen LogP contribution in [-0.4, -0.2) is 46.2 Å². The smallest absolute Gasteiger partial charge is 0.173 e. The minimum atomic E-state index is -3.03. The Kier molecular flexibility index (Phi) is 3.11. The third kappa shape index (κ3) is 3.05. The van der Waals surface area contributed by atoms with Gasteiger partial charge in [-0.3, -0.25) is 0 Å². The second-order valence-corrected chi connectivity index (χ2v) is 8.59. The van der Waals surface area contributed by atoms with Gasteiger partial charge < -0.3 is 5.32 Å². The van der Waals surface area contributed by atoms with Gasteiger partial charge in [0.05, 0.1) is 17.3 Å². The van der Waals surface area contributed by atoms with Crippen LogP contribution in [-0.2, 0) is 19.7 Å². The van der Waals surface area contributed by atoms with E-state index in [4.69, 9.17) is 0 Å². The molecule has 2 heterocycles. The largest absolute Gasteiger partial charge is 0.307 e. The second kappa shape index (κ2) is 4.12. The molecule has 1 N–H and O–H groups in total. The quantitative estimate of drug-likeness (QED) is 0.725. The Balaban J connectivity index is 1.87. The fourth-order valence-electron chi connectivity index (χ4n) is 2.04. The van der Waals surface area contributed by atoms with Crippen LogP contribution in [0.4, 0.5) is 0 Å². The van der Waals surface area contributed by atoms with Gasteiger partial charge in [0.25, 0.3) is 0 Å². The van der Waals surface area contributed by atoms with Gasteiger partial charge in [-0.15, -0.1) is 0 Å². The number of hydrogen-bond acceptors (Lipinski definition) is 5. The molecular weight excluding hydrogens is 250 g/mol. The van der Waals surface area contributed by atoms with Crippen molar-refractivity contribution in [3.05, 3.63) is 11.5 Å². The maximum atomic E-state index is 11.2. The van der Waals surface area contributed by atoms with Gasteiger partial charge >= 0.3 is 0 Å². The molecule has 2 rings (SSSR count). The summed E-state index contributed by atoms with van der Waals surface area (Å²) in [6.45, 7) is 0. The van der Waals surface area contributed by atoms with Crippen LogP contribution in [0, 0.1) is 0 Å². The monoisotopic (exact) mass is 265 g/mol. The summed E-state index contributed by atoms with van der Waals surface area (Å²) in [5, 5.41) is 4.41. The number of hydrogen-bond donors (Lipinski definition) is 1. The van der Waals surface area contributed by atoms with E-state index in [-0.39, 0.29) is 29.3 Å². The molecule has 0 aromatic rings. The fourth-order valence-corrected chi connectivity index (χ4v) is 4.78. The molecule has 2 aliphatic rings. The van der Waals surface area contributed by atoms with Gasteiger partial charge in [-0.05, 0) is 12.8 Å². The lowest BCUT2D eigenvalue weighted by atomic mass is 10.1. The van der Waals surface area contributed by atoms with Gasteiger partial charge in [0.1, 0.15) is 9.84 Å². The first-order valence-electron chi connectivity index (χ1n) is 5.24. The molecule has 1 unspecified atom stereocenters. The Labute approximate surface area is 95.8 Å². The fraction of sp³-hybridized carbons (Fsp3) is 0.778. The van der Waals surface area contributed by atoms with Gasteiger partial charge in [-0.2, -0.15) is 0 Å². The summed E-state index contributed by atoms with van der Waals surface area (Å²) in [5.74, 6) is 0.498. The lowest BCUT2D eigenvalue weighted by Gasteiger charge is -2.25. The van der Waals surface area contributed by atoms with Crippen LogP contribution in [0.1, 0.15) is 12.8 Å². The molecule has 0 bridgehead atoms. The van der Waals surface area contributed by atoms with Crippen molar-refractivity contribution in [3.8, 4) is 0 Å². The minimum absolute atomic E-state index is 0.0935. The van der Waals surface area contributed by atoms with Crippen molar-refractivity contribution in [2.24, 2.45) is 0 Å². The SMILES string of the molecule is O=S1(=O)C=CC(NC2CCS(=O)(=O)CC2)C1. The highest BCUT2D eigenvalue weighted by atomic mass is 32.2. The lowest BCUT2D eigenvalue weighted by Crippen LogP contribution is -2.43. The van der Waals surface area contributed by atoms with Crippen LogP contribution in [0.5, 0.6) is 0 Å². The molecule has 0 amide bonds. The number of rotatable bonds is 2. The van der Waals surface area contributed by atoms with E-state index in [0.717, 1.165) is 0 Å². The molecule has 0 saturated carbocycles. The molecular formula is C9H15NO4S2. The van der Waals surface area contributed by atoms with Crippen LogP contribution in [0.3, 0.4) is 0 Å². The summed E-state index contributed by atoms with van der Waals surface area (Å²) in [7, 11) is -5.88. The first-order chi connectivity index (χ1) is 7.36. The third-order valence-electron chi connectivity index (χ3n) is 2.93. The Morgan fingerprint density at radius 3 is 2.19 bits per heavy atom. The highest BCUT2D eigenvalue weighted by Gasteiger charge is 2.28. The summed E-state index contributed by atoms with van der Waals surface area (Å²) in [5.41, 5.74) is 0. The number of nitrogens with one attached hydrogen (secondary N) is 1. The van der Waals surface area contributed by atoms with Crippen molar-refractivity contribution in [1.82, 2.24) is 5.32 Å². The van der Waals surface area contributed by atoms with Crippen LogP contribution in [0.25, 0.3) is 0 Å². The van der Waals surface area contributed by atoms with Crippen LogP contribution < -0.4 is 5.32 Å². The van der Waals surface area contributed by atoms with Gasteiger partial charge in [0.15, 0.2) is 9.84 Å². The van der Waals surface area contributed by atoms with E-state index < -0.39 is 19.7 Å². The zero-order valence-electron chi connectivity index (χ0n) is 8.79. The maximum absolute atomic E-state index is 11.2. The van der Waals surface area contributed by atoms with Gasteiger partial charge in [-0.25, -0.2) is 16.8 Å². The predicted molar refractivity (Wildman–Crippen MR) is 61.5 cm³/mol. The van der Waals surface area contributed by atoms with Crippen molar-refractivity contribution < 1.29 is 16.8 Å². The molecule has 1 saturated heterocycles. The summed E-state index contributed by atoms with van der Waals surface area (Å²) in [6.07, 6.45) is 2.79. The van der Waals surface area contributed by atoms with Gasteiger partial charge in [0.2, 0.25) is 0 Å². The summed E-state index contributed by atoms with van der Waals surface area (Å²) in [6, 6.07) is -0.0396. The van der Waals surface area contributed by atoms with Crippen molar-refractivity contribution >= 4 is 19.7 Å². The summed E-state index contributed by atoms with van der Waals surface area (Å²) in [4.78, 5) is 0. The molecule has 7 heteroatoms. The number of sulfone groups is 2. The highest BCUT2D eigenvalue weighted by Crippen LogP contribution is 2.15. The Bertz CT molecular complexity index is 478. The van der Waals surface area contributed by atoms with E-state index in [2.05, 4.69) is 5.32 Å². The zero-order chi connectivity index (χ0) is 11.8. The first kappa shape index (κ1) is 12.1. The molecule has 0 radical (unpaired) electrons. The first-order valence-corrected chi connectivity index (χ1v) is 8.77.